The molecule has 0 fully saturated rings. The average Bonchev–Trinajstić information content (AvgIpc) is 2.05. The Labute approximate surface area is 69.2 Å². The maximum Gasteiger partial charge on any atom is 0.0715 e. The van der Waals surface area contributed by atoms with Crippen LogP contribution in [0.4, 0.5) is 0 Å². The predicted octanol–water partition coefficient (Wildman–Crippen LogP) is 0.772. The van der Waals surface area contributed by atoms with E-state index in [0.717, 1.165) is 4.90 Å². The first-order chi connectivity index (χ1) is 5.24. The third-order valence-electron chi connectivity index (χ3n) is 1.31. The highest BCUT2D eigenvalue weighted by Gasteiger charge is 1.93. The SMILES string of the molecule is CSc1cccc(C(=O)[O-])c1. The Morgan fingerprint density at radius 1 is 1.55 bits per heavy atom. The van der Waals surface area contributed by atoms with Crippen molar-refractivity contribution in [2.24, 2.45) is 0 Å². The second-order valence-corrected chi connectivity index (χ2v) is 2.90. The summed E-state index contributed by atoms with van der Waals surface area (Å²) in [4.78, 5) is 11.3. The number of carboxylic acids is 1. The van der Waals surface area contributed by atoms with Crippen LogP contribution in [0.5, 0.6) is 0 Å². The van der Waals surface area contributed by atoms with Crippen LogP contribution >= 0.6 is 11.8 Å². The van der Waals surface area contributed by atoms with Crippen LogP contribution in [-0.4, -0.2) is 12.2 Å². The molecule has 0 saturated heterocycles. The fraction of sp³-hybridized carbons (Fsp3) is 0.125. The average molecular weight is 167 g/mol. The highest BCUT2D eigenvalue weighted by Crippen LogP contribution is 2.14. The monoisotopic (exact) mass is 167 g/mol. The van der Waals surface area contributed by atoms with E-state index in [4.69, 9.17) is 0 Å². The molecular weight excluding hydrogens is 160 g/mol. The number of thioether (sulfide) groups is 1. The molecule has 0 amide bonds. The number of benzene rings is 1. The lowest BCUT2D eigenvalue weighted by atomic mass is 10.2. The van der Waals surface area contributed by atoms with E-state index in [1.807, 2.05) is 12.3 Å². The van der Waals surface area contributed by atoms with Gasteiger partial charge >= 0.3 is 0 Å². The van der Waals surface area contributed by atoms with Crippen molar-refractivity contribution in [3.8, 4) is 0 Å². The van der Waals surface area contributed by atoms with E-state index in [1.165, 1.54) is 17.8 Å². The third-order valence-corrected chi connectivity index (χ3v) is 2.03. The maximum atomic E-state index is 10.3. The van der Waals surface area contributed by atoms with E-state index in [2.05, 4.69) is 0 Å². The second-order valence-electron chi connectivity index (χ2n) is 2.02. The Morgan fingerprint density at radius 2 is 2.27 bits per heavy atom. The largest absolute Gasteiger partial charge is 0.545 e. The van der Waals surface area contributed by atoms with E-state index >= 15 is 0 Å². The second kappa shape index (κ2) is 3.44. The Kier molecular flexibility index (Phi) is 2.54. The highest BCUT2D eigenvalue weighted by atomic mass is 32.2. The summed E-state index contributed by atoms with van der Waals surface area (Å²) < 4.78 is 0. The highest BCUT2D eigenvalue weighted by molar-refractivity contribution is 7.98. The van der Waals surface area contributed by atoms with Crippen molar-refractivity contribution in [3.63, 3.8) is 0 Å². The molecule has 0 unspecified atom stereocenters. The van der Waals surface area contributed by atoms with E-state index < -0.39 is 5.97 Å². The molecule has 3 heteroatoms. The zero-order valence-electron chi connectivity index (χ0n) is 6.03. The van der Waals surface area contributed by atoms with Crippen molar-refractivity contribution in [1.82, 2.24) is 0 Å². The first-order valence-corrected chi connectivity index (χ1v) is 4.32. The minimum Gasteiger partial charge on any atom is -0.545 e. The molecule has 0 aliphatic carbocycles. The fourth-order valence-corrected chi connectivity index (χ4v) is 1.21. The lowest BCUT2D eigenvalue weighted by Crippen LogP contribution is -2.21. The normalized spacial score (nSPS) is 9.55. The van der Waals surface area contributed by atoms with Gasteiger partial charge in [0.15, 0.2) is 0 Å². The molecule has 11 heavy (non-hydrogen) atoms. The first-order valence-electron chi connectivity index (χ1n) is 3.09. The summed E-state index contributed by atoms with van der Waals surface area (Å²) >= 11 is 1.51. The Bertz CT molecular complexity index is 271. The standard InChI is InChI=1S/C8H8O2S/c1-11-7-4-2-3-6(5-7)8(9)10/h2-5H,1H3,(H,9,10)/p-1. The van der Waals surface area contributed by atoms with Gasteiger partial charge in [-0.1, -0.05) is 12.1 Å². The number of aromatic carboxylic acids is 1. The Morgan fingerprint density at radius 3 is 2.82 bits per heavy atom. The van der Waals surface area contributed by atoms with Crippen molar-refractivity contribution >= 4 is 17.7 Å². The molecule has 2 nitrogen and oxygen atoms in total. The summed E-state index contributed by atoms with van der Waals surface area (Å²) in [6.45, 7) is 0. The number of carboxylic acid groups (broad SMARTS) is 1. The van der Waals surface area contributed by atoms with Gasteiger partial charge in [-0.2, -0.15) is 0 Å². The van der Waals surface area contributed by atoms with Gasteiger partial charge in [-0.3, -0.25) is 0 Å². The van der Waals surface area contributed by atoms with Gasteiger partial charge in [0.05, 0.1) is 5.97 Å². The molecule has 0 spiro atoms. The topological polar surface area (TPSA) is 40.1 Å². The van der Waals surface area contributed by atoms with Crippen molar-refractivity contribution in [2.45, 2.75) is 4.90 Å². The Balaban J connectivity index is 3.01. The van der Waals surface area contributed by atoms with Gasteiger partial charge in [-0.25, -0.2) is 0 Å². The minimum atomic E-state index is -1.12. The molecule has 0 radical (unpaired) electrons. The number of carbonyl (C=O) groups excluding carboxylic acids is 1. The van der Waals surface area contributed by atoms with Gasteiger partial charge in [0.2, 0.25) is 0 Å². The summed E-state index contributed by atoms with van der Waals surface area (Å²) in [6.07, 6.45) is 1.90. The summed E-state index contributed by atoms with van der Waals surface area (Å²) in [5.74, 6) is -1.12. The number of rotatable bonds is 2. The molecule has 1 aromatic carbocycles. The quantitative estimate of drug-likeness (QED) is 0.611. The molecule has 0 saturated carbocycles. The minimum absolute atomic E-state index is 0.233. The first kappa shape index (κ1) is 8.14. The van der Waals surface area contributed by atoms with Gasteiger partial charge in [-0.05, 0) is 24.0 Å². The number of hydrogen-bond donors (Lipinski definition) is 0. The van der Waals surface area contributed by atoms with Gasteiger partial charge in [0.1, 0.15) is 0 Å². The zero-order valence-corrected chi connectivity index (χ0v) is 6.85. The van der Waals surface area contributed by atoms with Crippen LogP contribution in [0.25, 0.3) is 0 Å². The molecule has 0 heterocycles. The van der Waals surface area contributed by atoms with Crippen molar-refractivity contribution < 1.29 is 9.90 Å². The predicted molar refractivity (Wildman–Crippen MR) is 42.6 cm³/mol. The molecule has 0 N–H and O–H groups in total. The molecule has 0 bridgehead atoms. The Hall–Kier alpha value is -0.960. The molecule has 1 rings (SSSR count). The van der Waals surface area contributed by atoms with E-state index in [9.17, 15) is 9.90 Å². The molecule has 0 atom stereocenters. The van der Waals surface area contributed by atoms with E-state index in [1.54, 1.807) is 12.1 Å². The van der Waals surface area contributed by atoms with Gasteiger partial charge in [0.25, 0.3) is 0 Å². The maximum absolute atomic E-state index is 10.3. The van der Waals surface area contributed by atoms with Crippen molar-refractivity contribution in [2.75, 3.05) is 6.26 Å². The third kappa shape index (κ3) is 1.98. The molecule has 0 aliphatic rings. The number of hydrogen-bond acceptors (Lipinski definition) is 3. The summed E-state index contributed by atoms with van der Waals surface area (Å²) in [7, 11) is 0. The number of carbonyl (C=O) groups is 1. The van der Waals surface area contributed by atoms with Crippen LogP contribution in [0.3, 0.4) is 0 Å². The van der Waals surface area contributed by atoms with Crippen LogP contribution in [0.1, 0.15) is 10.4 Å². The van der Waals surface area contributed by atoms with Crippen LogP contribution in [-0.2, 0) is 0 Å². The molecular formula is C8H7O2S-. The summed E-state index contributed by atoms with van der Waals surface area (Å²) in [5.41, 5.74) is 0.233. The zero-order chi connectivity index (χ0) is 8.27. The summed E-state index contributed by atoms with van der Waals surface area (Å²) in [6, 6.07) is 6.68. The van der Waals surface area contributed by atoms with Gasteiger partial charge < -0.3 is 9.90 Å². The molecule has 0 aromatic heterocycles. The lowest BCUT2D eigenvalue weighted by Gasteiger charge is -2.02. The summed E-state index contributed by atoms with van der Waals surface area (Å²) in [5, 5.41) is 10.3. The van der Waals surface area contributed by atoms with Crippen LogP contribution < -0.4 is 5.11 Å². The van der Waals surface area contributed by atoms with Gasteiger partial charge in [-0.15, -0.1) is 11.8 Å². The molecule has 58 valence electrons. The smallest absolute Gasteiger partial charge is 0.0715 e. The van der Waals surface area contributed by atoms with Crippen LogP contribution in [0, 0.1) is 0 Å². The fourth-order valence-electron chi connectivity index (χ4n) is 0.750. The van der Waals surface area contributed by atoms with Gasteiger partial charge in [0, 0.05) is 4.90 Å². The van der Waals surface area contributed by atoms with E-state index in [0.29, 0.717) is 0 Å². The lowest BCUT2D eigenvalue weighted by molar-refractivity contribution is -0.255. The van der Waals surface area contributed by atoms with Crippen LogP contribution in [0.15, 0.2) is 29.2 Å². The molecule has 1 aromatic rings. The van der Waals surface area contributed by atoms with Crippen LogP contribution in [0.2, 0.25) is 0 Å². The van der Waals surface area contributed by atoms with Crippen molar-refractivity contribution in [1.29, 1.82) is 0 Å². The van der Waals surface area contributed by atoms with E-state index in [-0.39, 0.29) is 5.56 Å². The molecule has 0 aliphatic heterocycles. The van der Waals surface area contributed by atoms with Crippen molar-refractivity contribution in [3.05, 3.63) is 29.8 Å².